The Morgan fingerprint density at radius 1 is 1.50 bits per heavy atom. The van der Waals surface area contributed by atoms with Crippen molar-refractivity contribution in [3.63, 3.8) is 0 Å². The molecule has 0 heterocycles. The maximum absolute atomic E-state index is 5.44. The summed E-state index contributed by atoms with van der Waals surface area (Å²) in [4.78, 5) is 0. The highest BCUT2D eigenvalue weighted by Crippen LogP contribution is 1.97. The zero-order valence-corrected chi connectivity index (χ0v) is 4.73. The van der Waals surface area contributed by atoms with Crippen LogP contribution in [0.5, 0.6) is 0 Å². The van der Waals surface area contributed by atoms with Crippen molar-refractivity contribution in [1.29, 1.82) is 0 Å². The van der Waals surface area contributed by atoms with Crippen molar-refractivity contribution in [1.82, 2.24) is 0 Å². The van der Waals surface area contributed by atoms with E-state index < -0.39 is 0 Å². The molecular weight excluding hydrogens is 72.9 g/mol. The van der Waals surface area contributed by atoms with E-state index in [1.165, 1.54) is 0 Å². The highest BCUT2D eigenvalue weighted by atomic mass is 14.6. The fraction of sp³-hybridized carbons (Fsp3) is 1.00. The van der Waals surface area contributed by atoms with Crippen LogP contribution in [0.25, 0.3) is 0 Å². The SMILES string of the molecule is BC(C)[C@H](C)N. The van der Waals surface area contributed by atoms with Crippen molar-refractivity contribution < 1.29 is 0 Å². The van der Waals surface area contributed by atoms with E-state index in [9.17, 15) is 0 Å². The van der Waals surface area contributed by atoms with Crippen molar-refractivity contribution in [2.75, 3.05) is 0 Å². The van der Waals surface area contributed by atoms with Crippen molar-refractivity contribution in [3.8, 4) is 0 Å². The van der Waals surface area contributed by atoms with Gasteiger partial charge in [0, 0.05) is 0 Å². The fourth-order valence-corrected chi connectivity index (χ4v) is 0. The van der Waals surface area contributed by atoms with Crippen molar-refractivity contribution in [3.05, 3.63) is 0 Å². The third-order valence-electron chi connectivity index (χ3n) is 1.05. The van der Waals surface area contributed by atoms with Gasteiger partial charge in [0.2, 0.25) is 0 Å². The van der Waals surface area contributed by atoms with E-state index in [-0.39, 0.29) is 0 Å². The van der Waals surface area contributed by atoms with E-state index in [1.807, 2.05) is 6.92 Å². The lowest BCUT2D eigenvalue weighted by molar-refractivity contribution is 0.712. The topological polar surface area (TPSA) is 26.0 Å². The van der Waals surface area contributed by atoms with Gasteiger partial charge in [-0.3, -0.25) is 0 Å². The van der Waals surface area contributed by atoms with Gasteiger partial charge in [0.05, 0.1) is 0 Å². The second-order valence-corrected chi connectivity index (χ2v) is 2.10. The fourth-order valence-electron chi connectivity index (χ4n) is 0. The van der Waals surface area contributed by atoms with E-state index in [0.29, 0.717) is 11.9 Å². The molecule has 0 aromatic carbocycles. The van der Waals surface area contributed by atoms with Crippen LogP contribution in [0.3, 0.4) is 0 Å². The van der Waals surface area contributed by atoms with Gasteiger partial charge >= 0.3 is 0 Å². The predicted molar refractivity (Wildman–Crippen MR) is 31.6 cm³/mol. The Morgan fingerprint density at radius 3 is 1.67 bits per heavy atom. The third kappa shape index (κ3) is 2.27. The van der Waals surface area contributed by atoms with Crippen molar-refractivity contribution in [2.24, 2.45) is 5.73 Å². The summed E-state index contributed by atoms with van der Waals surface area (Å²) < 4.78 is 0. The molecule has 0 saturated carbocycles. The Morgan fingerprint density at radius 2 is 1.67 bits per heavy atom. The zero-order chi connectivity index (χ0) is 5.15. The Balaban J connectivity index is 2.99. The molecule has 0 aliphatic rings. The quantitative estimate of drug-likeness (QED) is 0.437. The average molecular weight is 85.0 g/mol. The van der Waals surface area contributed by atoms with Crippen LogP contribution in [-0.4, -0.2) is 13.9 Å². The summed E-state index contributed by atoms with van der Waals surface area (Å²) in [6.07, 6.45) is 0. The lowest BCUT2D eigenvalue weighted by Gasteiger charge is -2.05. The minimum absolute atomic E-state index is 0.352. The van der Waals surface area contributed by atoms with Crippen LogP contribution in [0, 0.1) is 0 Å². The Hall–Kier alpha value is 0.0249. The second-order valence-electron chi connectivity index (χ2n) is 2.10. The largest absolute Gasteiger partial charge is 0.328 e. The van der Waals surface area contributed by atoms with Gasteiger partial charge in [0.15, 0.2) is 0 Å². The van der Waals surface area contributed by atoms with Gasteiger partial charge in [-0.25, -0.2) is 0 Å². The average Bonchev–Trinajstić information content (AvgIpc) is 1.36. The molecule has 0 bridgehead atoms. The second kappa shape index (κ2) is 2.24. The van der Waals surface area contributed by atoms with Gasteiger partial charge < -0.3 is 5.73 Å². The van der Waals surface area contributed by atoms with Crippen LogP contribution >= 0.6 is 0 Å². The normalized spacial score (nSPS) is 19.8. The first-order chi connectivity index (χ1) is 2.64. The van der Waals surface area contributed by atoms with E-state index >= 15 is 0 Å². The highest BCUT2D eigenvalue weighted by molar-refractivity contribution is 6.11. The molecule has 0 spiro atoms. The Kier molecular flexibility index (Phi) is 2.25. The molecule has 0 fully saturated rings. The van der Waals surface area contributed by atoms with Gasteiger partial charge in [-0.1, -0.05) is 19.7 Å². The summed E-state index contributed by atoms with van der Waals surface area (Å²) >= 11 is 0. The van der Waals surface area contributed by atoms with E-state index in [1.54, 1.807) is 0 Å². The third-order valence-corrected chi connectivity index (χ3v) is 1.05. The summed E-state index contributed by atoms with van der Waals surface area (Å²) in [5, 5.41) is 0. The molecule has 2 N–H and O–H groups in total. The Bertz CT molecular complexity index is 28.5. The molecule has 0 aromatic heterocycles. The molecule has 2 atom stereocenters. The number of hydrogen-bond donors (Lipinski definition) is 1. The van der Waals surface area contributed by atoms with Crippen LogP contribution < -0.4 is 5.73 Å². The molecular formula is C4H12BN. The highest BCUT2D eigenvalue weighted by Gasteiger charge is 1.96. The molecule has 2 heteroatoms. The summed E-state index contributed by atoms with van der Waals surface area (Å²) in [6.45, 7) is 4.13. The van der Waals surface area contributed by atoms with Crippen LogP contribution in [0.2, 0.25) is 5.82 Å². The van der Waals surface area contributed by atoms with E-state index in [2.05, 4.69) is 14.8 Å². The van der Waals surface area contributed by atoms with Crippen LogP contribution in [0.15, 0.2) is 0 Å². The van der Waals surface area contributed by atoms with Crippen LogP contribution in [0.1, 0.15) is 13.8 Å². The molecule has 0 rings (SSSR count). The first-order valence-electron chi connectivity index (χ1n) is 2.40. The predicted octanol–water partition coefficient (Wildman–Crippen LogP) is -0.225. The summed E-state index contributed by atoms with van der Waals surface area (Å²) in [6, 6.07) is 0.352. The molecule has 0 aromatic rings. The molecule has 1 nitrogen and oxygen atoms in total. The molecule has 0 amide bonds. The molecule has 0 aliphatic carbocycles. The van der Waals surface area contributed by atoms with Gasteiger partial charge in [0.1, 0.15) is 7.85 Å². The molecule has 0 radical (unpaired) electrons. The van der Waals surface area contributed by atoms with Crippen molar-refractivity contribution >= 4 is 7.85 Å². The number of rotatable bonds is 1. The van der Waals surface area contributed by atoms with Gasteiger partial charge in [-0.15, -0.1) is 0 Å². The first-order valence-corrected chi connectivity index (χ1v) is 2.40. The number of hydrogen-bond acceptors (Lipinski definition) is 1. The molecule has 36 valence electrons. The lowest BCUT2D eigenvalue weighted by atomic mass is 9.84. The van der Waals surface area contributed by atoms with E-state index in [4.69, 9.17) is 5.73 Å². The smallest absolute Gasteiger partial charge is 0.107 e. The molecule has 0 saturated heterocycles. The maximum atomic E-state index is 5.44. The summed E-state index contributed by atoms with van der Waals surface area (Å²) in [7, 11) is 2.12. The Labute approximate surface area is 40.3 Å². The summed E-state index contributed by atoms with van der Waals surface area (Å²) in [5.74, 6) is 0.630. The van der Waals surface area contributed by atoms with Crippen molar-refractivity contribution in [2.45, 2.75) is 25.7 Å². The lowest BCUT2D eigenvalue weighted by Crippen LogP contribution is -2.19. The zero-order valence-electron chi connectivity index (χ0n) is 4.73. The molecule has 0 aliphatic heterocycles. The monoisotopic (exact) mass is 85.1 g/mol. The minimum atomic E-state index is 0.352. The number of nitrogens with two attached hydrogens (primary N) is 1. The van der Waals surface area contributed by atoms with Gasteiger partial charge in [0.25, 0.3) is 0 Å². The van der Waals surface area contributed by atoms with Crippen LogP contribution in [0.4, 0.5) is 0 Å². The van der Waals surface area contributed by atoms with Gasteiger partial charge in [-0.2, -0.15) is 0 Å². The molecule has 1 unspecified atom stereocenters. The van der Waals surface area contributed by atoms with Gasteiger partial charge in [-0.05, 0) is 6.04 Å². The standard InChI is InChI=1S/C4H12BN/c1-3(5)4(2)6/h3-4H,5-6H2,1-2H3/t3?,4-/m0/s1. The maximum Gasteiger partial charge on any atom is 0.107 e. The summed E-state index contributed by atoms with van der Waals surface area (Å²) in [5.41, 5.74) is 5.44. The molecule has 6 heavy (non-hydrogen) atoms. The van der Waals surface area contributed by atoms with E-state index in [0.717, 1.165) is 0 Å². The minimum Gasteiger partial charge on any atom is -0.328 e. The first kappa shape index (κ1) is 6.02. The van der Waals surface area contributed by atoms with Crippen LogP contribution in [-0.2, 0) is 0 Å².